The van der Waals surface area contributed by atoms with Gasteiger partial charge < -0.3 is 19.1 Å². The second-order valence-electron chi connectivity index (χ2n) is 5.07. The maximum atomic E-state index is 12.8. The van der Waals surface area contributed by atoms with Gasteiger partial charge in [0.2, 0.25) is 0 Å². The molecule has 0 atom stereocenters. The highest BCUT2D eigenvalue weighted by atomic mass is 16.5. The predicted molar refractivity (Wildman–Crippen MR) is 87.0 cm³/mol. The van der Waals surface area contributed by atoms with E-state index in [2.05, 4.69) is 11.7 Å². The molecule has 6 nitrogen and oxygen atoms in total. The highest BCUT2D eigenvalue weighted by Gasteiger charge is 2.18. The molecule has 0 aliphatic carbocycles. The standard InChI is InChI=1S/C17H25NO5/c1-5-6-8-18(9-7-16(19)23-4)17(20)13-10-14(21-2)12-15(11-13)22-3/h10-12H,5-9H2,1-4H3. The summed E-state index contributed by atoms with van der Waals surface area (Å²) in [4.78, 5) is 25.8. The number of nitrogens with zero attached hydrogens (tertiary/aromatic N) is 1. The zero-order valence-electron chi connectivity index (χ0n) is 14.3. The first-order valence-electron chi connectivity index (χ1n) is 7.64. The first-order valence-corrected chi connectivity index (χ1v) is 7.64. The van der Waals surface area contributed by atoms with Crippen molar-refractivity contribution in [3.8, 4) is 11.5 Å². The molecule has 0 N–H and O–H groups in total. The number of carbonyl (C=O) groups is 2. The Kier molecular flexibility index (Phi) is 7.94. The number of carbonyl (C=O) groups excluding carboxylic acids is 2. The smallest absolute Gasteiger partial charge is 0.307 e. The summed E-state index contributed by atoms with van der Waals surface area (Å²) in [5.41, 5.74) is 0.474. The number of rotatable bonds is 9. The average molecular weight is 323 g/mol. The van der Waals surface area contributed by atoms with Crippen LogP contribution in [0.2, 0.25) is 0 Å². The summed E-state index contributed by atoms with van der Waals surface area (Å²) in [7, 11) is 4.41. The van der Waals surface area contributed by atoms with Gasteiger partial charge in [0, 0.05) is 24.7 Å². The Morgan fingerprint density at radius 2 is 1.61 bits per heavy atom. The first kappa shape index (κ1) is 18.8. The van der Waals surface area contributed by atoms with Gasteiger partial charge in [0.05, 0.1) is 27.8 Å². The van der Waals surface area contributed by atoms with E-state index < -0.39 is 0 Å². The molecule has 0 aliphatic rings. The van der Waals surface area contributed by atoms with Gasteiger partial charge in [-0.3, -0.25) is 9.59 Å². The van der Waals surface area contributed by atoms with Crippen LogP contribution in [0.4, 0.5) is 0 Å². The number of benzene rings is 1. The Balaban J connectivity index is 2.95. The topological polar surface area (TPSA) is 65.1 Å². The molecule has 1 aromatic rings. The number of esters is 1. The van der Waals surface area contributed by atoms with Gasteiger partial charge in [0.15, 0.2) is 0 Å². The summed E-state index contributed by atoms with van der Waals surface area (Å²) in [6, 6.07) is 5.05. The lowest BCUT2D eigenvalue weighted by Gasteiger charge is -2.22. The minimum atomic E-state index is -0.331. The summed E-state index contributed by atoms with van der Waals surface area (Å²) < 4.78 is 15.0. The van der Waals surface area contributed by atoms with E-state index in [9.17, 15) is 9.59 Å². The van der Waals surface area contributed by atoms with Crippen molar-refractivity contribution < 1.29 is 23.8 Å². The van der Waals surface area contributed by atoms with E-state index >= 15 is 0 Å². The summed E-state index contributed by atoms with van der Waals surface area (Å²) in [5.74, 6) is 0.620. The van der Waals surface area contributed by atoms with E-state index in [0.29, 0.717) is 30.2 Å². The van der Waals surface area contributed by atoms with E-state index in [1.807, 2.05) is 0 Å². The van der Waals surface area contributed by atoms with Crippen molar-refractivity contribution >= 4 is 11.9 Å². The Morgan fingerprint density at radius 3 is 2.09 bits per heavy atom. The predicted octanol–water partition coefficient (Wildman–Crippen LogP) is 2.51. The Bertz CT molecular complexity index is 507. The molecule has 23 heavy (non-hydrogen) atoms. The van der Waals surface area contributed by atoms with Crippen molar-refractivity contribution in [2.75, 3.05) is 34.4 Å². The number of ether oxygens (including phenoxy) is 3. The molecule has 0 radical (unpaired) electrons. The maximum Gasteiger partial charge on any atom is 0.307 e. The van der Waals surface area contributed by atoms with Crippen LogP contribution in [-0.4, -0.2) is 51.2 Å². The van der Waals surface area contributed by atoms with Crippen LogP contribution < -0.4 is 9.47 Å². The third-order valence-corrected chi connectivity index (χ3v) is 3.48. The number of hydrogen-bond donors (Lipinski definition) is 0. The Morgan fingerprint density at radius 1 is 1.00 bits per heavy atom. The minimum Gasteiger partial charge on any atom is -0.497 e. The molecule has 0 heterocycles. The van der Waals surface area contributed by atoms with Crippen molar-refractivity contribution in [2.45, 2.75) is 26.2 Å². The molecule has 0 unspecified atom stereocenters. The monoisotopic (exact) mass is 323 g/mol. The molecule has 0 aliphatic heterocycles. The van der Waals surface area contributed by atoms with Crippen LogP contribution in [0.25, 0.3) is 0 Å². The van der Waals surface area contributed by atoms with Gasteiger partial charge in [-0.2, -0.15) is 0 Å². The number of amides is 1. The lowest BCUT2D eigenvalue weighted by Crippen LogP contribution is -2.34. The van der Waals surface area contributed by atoms with E-state index in [0.717, 1.165) is 12.8 Å². The number of methoxy groups -OCH3 is 3. The summed E-state index contributed by atoms with van der Waals surface area (Å²) >= 11 is 0. The molecule has 0 aromatic heterocycles. The summed E-state index contributed by atoms with van der Waals surface area (Å²) in [6.45, 7) is 2.97. The molecule has 0 saturated carbocycles. The van der Waals surface area contributed by atoms with Gasteiger partial charge in [-0.25, -0.2) is 0 Å². The summed E-state index contributed by atoms with van der Waals surface area (Å²) in [6.07, 6.45) is 2.00. The lowest BCUT2D eigenvalue weighted by atomic mass is 10.1. The van der Waals surface area contributed by atoms with Crippen LogP contribution in [0.1, 0.15) is 36.5 Å². The fourth-order valence-electron chi connectivity index (χ4n) is 2.11. The molecule has 1 rings (SSSR count). The van der Waals surface area contributed by atoms with Crippen molar-refractivity contribution in [3.63, 3.8) is 0 Å². The number of unbranched alkanes of at least 4 members (excludes halogenated alkanes) is 1. The molecule has 1 aromatic carbocycles. The van der Waals surface area contributed by atoms with Crippen LogP contribution in [-0.2, 0) is 9.53 Å². The normalized spacial score (nSPS) is 10.1. The summed E-state index contributed by atoms with van der Waals surface area (Å²) in [5, 5.41) is 0. The molecular weight excluding hydrogens is 298 g/mol. The molecule has 0 bridgehead atoms. The largest absolute Gasteiger partial charge is 0.497 e. The van der Waals surface area contributed by atoms with Crippen molar-refractivity contribution in [1.82, 2.24) is 4.90 Å². The lowest BCUT2D eigenvalue weighted by molar-refractivity contribution is -0.140. The van der Waals surface area contributed by atoms with Gasteiger partial charge in [0.25, 0.3) is 5.91 Å². The van der Waals surface area contributed by atoms with Crippen LogP contribution in [0.3, 0.4) is 0 Å². The van der Waals surface area contributed by atoms with Crippen LogP contribution in [0, 0.1) is 0 Å². The second-order valence-corrected chi connectivity index (χ2v) is 5.07. The third kappa shape index (κ3) is 5.81. The van der Waals surface area contributed by atoms with Gasteiger partial charge >= 0.3 is 5.97 Å². The van der Waals surface area contributed by atoms with E-state index in [1.54, 1.807) is 23.1 Å². The van der Waals surface area contributed by atoms with Crippen molar-refractivity contribution in [3.05, 3.63) is 23.8 Å². The molecule has 0 spiro atoms. The maximum absolute atomic E-state index is 12.8. The zero-order valence-corrected chi connectivity index (χ0v) is 14.3. The first-order chi connectivity index (χ1) is 11.0. The van der Waals surface area contributed by atoms with Crippen LogP contribution in [0.15, 0.2) is 18.2 Å². The molecule has 6 heteroatoms. The highest BCUT2D eigenvalue weighted by Crippen LogP contribution is 2.23. The molecule has 0 saturated heterocycles. The molecule has 1 amide bonds. The van der Waals surface area contributed by atoms with Gasteiger partial charge in [-0.15, -0.1) is 0 Å². The quantitative estimate of drug-likeness (QED) is 0.653. The average Bonchev–Trinajstić information content (AvgIpc) is 2.60. The fourth-order valence-corrected chi connectivity index (χ4v) is 2.11. The minimum absolute atomic E-state index is 0.153. The SMILES string of the molecule is CCCCN(CCC(=O)OC)C(=O)c1cc(OC)cc(OC)c1. The highest BCUT2D eigenvalue weighted by molar-refractivity contribution is 5.95. The molecule has 128 valence electrons. The van der Waals surface area contributed by atoms with Gasteiger partial charge in [-0.05, 0) is 18.6 Å². The Hall–Kier alpha value is -2.24. The molecular formula is C17H25NO5. The fraction of sp³-hybridized carbons (Fsp3) is 0.529. The number of hydrogen-bond acceptors (Lipinski definition) is 5. The zero-order chi connectivity index (χ0) is 17.2. The van der Waals surface area contributed by atoms with Crippen molar-refractivity contribution in [2.24, 2.45) is 0 Å². The van der Waals surface area contributed by atoms with Crippen molar-refractivity contribution in [1.29, 1.82) is 0 Å². The molecule has 0 fully saturated rings. The van der Waals surface area contributed by atoms with E-state index in [4.69, 9.17) is 9.47 Å². The second kappa shape index (κ2) is 9.71. The van der Waals surface area contributed by atoms with Gasteiger partial charge in [-0.1, -0.05) is 13.3 Å². The van der Waals surface area contributed by atoms with Crippen LogP contribution in [0.5, 0.6) is 11.5 Å². The van der Waals surface area contributed by atoms with Gasteiger partial charge in [0.1, 0.15) is 11.5 Å². The Labute approximate surface area is 137 Å². The van der Waals surface area contributed by atoms with E-state index in [-0.39, 0.29) is 18.3 Å². The van der Waals surface area contributed by atoms with E-state index in [1.165, 1.54) is 21.3 Å². The van der Waals surface area contributed by atoms with Crippen LogP contribution >= 0.6 is 0 Å². The third-order valence-electron chi connectivity index (χ3n) is 3.48.